The lowest BCUT2D eigenvalue weighted by molar-refractivity contribution is 0.876. The maximum atomic E-state index is 5.81. The Morgan fingerprint density at radius 3 is 2.94 bits per heavy atom. The van der Waals surface area contributed by atoms with Crippen LogP contribution in [0.5, 0.6) is 0 Å². The number of pyridine rings is 1. The quantitative estimate of drug-likeness (QED) is 0.715. The molecule has 0 aliphatic rings. The van der Waals surface area contributed by atoms with E-state index in [9.17, 15) is 0 Å². The van der Waals surface area contributed by atoms with E-state index in [0.717, 1.165) is 5.56 Å². The van der Waals surface area contributed by atoms with Gasteiger partial charge in [0.15, 0.2) is 0 Å². The minimum absolute atomic E-state index is 0.0871. The monoisotopic (exact) mass is 237 g/mol. The Bertz CT molecular complexity index is 448. The van der Waals surface area contributed by atoms with Crippen molar-refractivity contribution in [1.29, 1.82) is 0 Å². The van der Waals surface area contributed by atoms with Crippen LogP contribution in [0.25, 0.3) is 0 Å². The molecule has 0 aromatic carbocycles. The largest absolute Gasteiger partial charge is 0.399 e. The van der Waals surface area contributed by atoms with E-state index in [1.54, 1.807) is 18.3 Å². The molecule has 2 rings (SSSR count). The van der Waals surface area contributed by atoms with Gasteiger partial charge in [0.2, 0.25) is 0 Å². The van der Waals surface area contributed by atoms with Crippen molar-refractivity contribution in [3.63, 3.8) is 0 Å². The highest BCUT2D eigenvalue weighted by Gasteiger charge is 2.07. The third-order valence-corrected chi connectivity index (χ3v) is 2.39. The number of nitrogens with two attached hydrogens (primary N) is 1. The number of aromatic nitrogens is 3. The molecule has 1 atom stereocenters. The average Bonchev–Trinajstić information content (AvgIpc) is 2.68. The number of nitrogens with one attached hydrogen (secondary N) is 2. The minimum atomic E-state index is 0.0871. The van der Waals surface area contributed by atoms with Crippen molar-refractivity contribution in [3.05, 3.63) is 35.2 Å². The fourth-order valence-electron chi connectivity index (χ4n) is 1.39. The third-order valence-electron chi connectivity index (χ3n) is 2.20. The summed E-state index contributed by atoms with van der Waals surface area (Å²) in [6, 6.07) is 3.43. The highest BCUT2D eigenvalue weighted by atomic mass is 35.5. The molecule has 0 radical (unpaired) electrons. The molecule has 2 aromatic heterocycles. The van der Waals surface area contributed by atoms with Crippen LogP contribution in [-0.4, -0.2) is 15.2 Å². The second kappa shape index (κ2) is 4.40. The zero-order valence-electron chi connectivity index (χ0n) is 8.74. The van der Waals surface area contributed by atoms with Crippen LogP contribution >= 0.6 is 11.6 Å². The molecule has 0 aliphatic carbocycles. The van der Waals surface area contributed by atoms with Crippen molar-refractivity contribution < 1.29 is 0 Å². The van der Waals surface area contributed by atoms with Crippen molar-refractivity contribution in [1.82, 2.24) is 15.2 Å². The van der Waals surface area contributed by atoms with Gasteiger partial charge in [-0.25, -0.2) is 4.98 Å². The van der Waals surface area contributed by atoms with Crippen LogP contribution in [0.3, 0.4) is 0 Å². The van der Waals surface area contributed by atoms with Gasteiger partial charge in [-0.15, -0.1) is 0 Å². The fraction of sp³-hybridized carbons (Fsp3) is 0.200. The Balaban J connectivity index is 2.15. The Kier molecular flexibility index (Phi) is 2.96. The SMILES string of the molecule is CC(Nc1cc(N)cc(Cl)n1)c1cn[nH]c1. The highest BCUT2D eigenvalue weighted by Crippen LogP contribution is 2.20. The van der Waals surface area contributed by atoms with Gasteiger partial charge in [0.05, 0.1) is 12.2 Å². The second-order valence-corrected chi connectivity index (χ2v) is 3.89. The molecule has 0 aliphatic heterocycles. The van der Waals surface area contributed by atoms with E-state index in [1.165, 1.54) is 0 Å². The van der Waals surface area contributed by atoms with Crippen LogP contribution in [0.15, 0.2) is 24.5 Å². The number of nitrogen functional groups attached to an aromatic ring is 1. The summed E-state index contributed by atoms with van der Waals surface area (Å²) in [7, 11) is 0. The number of aromatic amines is 1. The summed E-state index contributed by atoms with van der Waals surface area (Å²) in [5, 5.41) is 10.2. The van der Waals surface area contributed by atoms with Gasteiger partial charge in [-0.3, -0.25) is 5.10 Å². The molecular formula is C10H12ClN5. The molecule has 2 heterocycles. The molecule has 16 heavy (non-hydrogen) atoms. The van der Waals surface area contributed by atoms with Crippen molar-refractivity contribution in [3.8, 4) is 0 Å². The van der Waals surface area contributed by atoms with E-state index in [-0.39, 0.29) is 6.04 Å². The summed E-state index contributed by atoms with van der Waals surface area (Å²) in [6.45, 7) is 2.00. The van der Waals surface area contributed by atoms with Crippen LogP contribution in [0.1, 0.15) is 18.5 Å². The first kappa shape index (κ1) is 10.8. The fourth-order valence-corrected chi connectivity index (χ4v) is 1.61. The number of anilines is 2. The maximum Gasteiger partial charge on any atom is 0.133 e. The van der Waals surface area contributed by atoms with Crippen LogP contribution in [0.2, 0.25) is 5.15 Å². The lowest BCUT2D eigenvalue weighted by Crippen LogP contribution is -2.07. The Labute approximate surface area is 98.0 Å². The van der Waals surface area contributed by atoms with E-state index < -0.39 is 0 Å². The van der Waals surface area contributed by atoms with Crippen LogP contribution in [-0.2, 0) is 0 Å². The van der Waals surface area contributed by atoms with E-state index in [2.05, 4.69) is 20.5 Å². The van der Waals surface area contributed by atoms with Crippen LogP contribution in [0.4, 0.5) is 11.5 Å². The van der Waals surface area contributed by atoms with Gasteiger partial charge in [0, 0.05) is 23.5 Å². The second-order valence-electron chi connectivity index (χ2n) is 3.51. The summed E-state index contributed by atoms with van der Waals surface area (Å²) >= 11 is 5.81. The summed E-state index contributed by atoms with van der Waals surface area (Å²) in [4.78, 5) is 4.13. The molecule has 0 amide bonds. The lowest BCUT2D eigenvalue weighted by atomic mass is 10.2. The van der Waals surface area contributed by atoms with E-state index >= 15 is 0 Å². The molecule has 1 unspecified atom stereocenters. The number of hydrogen-bond donors (Lipinski definition) is 3. The summed E-state index contributed by atoms with van der Waals surface area (Å²) < 4.78 is 0. The molecule has 84 valence electrons. The smallest absolute Gasteiger partial charge is 0.133 e. The van der Waals surface area contributed by atoms with E-state index in [0.29, 0.717) is 16.7 Å². The zero-order valence-corrected chi connectivity index (χ0v) is 9.49. The van der Waals surface area contributed by atoms with Gasteiger partial charge in [-0.1, -0.05) is 11.6 Å². The van der Waals surface area contributed by atoms with Gasteiger partial charge in [0.25, 0.3) is 0 Å². The predicted molar refractivity (Wildman–Crippen MR) is 64.3 cm³/mol. The van der Waals surface area contributed by atoms with Crippen molar-refractivity contribution in [2.75, 3.05) is 11.1 Å². The van der Waals surface area contributed by atoms with Crippen molar-refractivity contribution >= 4 is 23.1 Å². The van der Waals surface area contributed by atoms with Gasteiger partial charge in [-0.05, 0) is 13.0 Å². The molecule has 0 spiro atoms. The first-order chi connectivity index (χ1) is 7.65. The standard InChI is InChI=1S/C10H12ClN5/c1-6(7-4-13-14-5-7)15-10-3-8(12)2-9(11)16-10/h2-6H,1H3,(H,13,14)(H3,12,15,16). The predicted octanol–water partition coefficient (Wildman–Crippen LogP) is 2.21. The van der Waals surface area contributed by atoms with Gasteiger partial charge >= 0.3 is 0 Å². The first-order valence-corrected chi connectivity index (χ1v) is 5.21. The molecule has 0 bridgehead atoms. The molecule has 0 saturated heterocycles. The van der Waals surface area contributed by atoms with Crippen LogP contribution in [0, 0.1) is 0 Å². The van der Waals surface area contributed by atoms with Crippen LogP contribution < -0.4 is 11.1 Å². The molecule has 0 fully saturated rings. The number of hydrogen-bond acceptors (Lipinski definition) is 4. The molecule has 4 N–H and O–H groups in total. The average molecular weight is 238 g/mol. The highest BCUT2D eigenvalue weighted by molar-refractivity contribution is 6.29. The Morgan fingerprint density at radius 2 is 2.31 bits per heavy atom. The van der Waals surface area contributed by atoms with E-state index in [4.69, 9.17) is 17.3 Å². The molecule has 2 aromatic rings. The van der Waals surface area contributed by atoms with Gasteiger partial charge in [-0.2, -0.15) is 5.10 Å². The number of rotatable bonds is 3. The molecule has 6 heteroatoms. The van der Waals surface area contributed by atoms with Crippen molar-refractivity contribution in [2.45, 2.75) is 13.0 Å². The number of H-pyrrole nitrogens is 1. The number of halogens is 1. The minimum Gasteiger partial charge on any atom is -0.399 e. The first-order valence-electron chi connectivity index (χ1n) is 4.83. The number of nitrogens with zero attached hydrogens (tertiary/aromatic N) is 2. The van der Waals surface area contributed by atoms with Gasteiger partial charge in [0.1, 0.15) is 11.0 Å². The molecule has 5 nitrogen and oxygen atoms in total. The summed E-state index contributed by atoms with van der Waals surface area (Å²) in [5.41, 5.74) is 7.30. The zero-order chi connectivity index (χ0) is 11.5. The summed E-state index contributed by atoms with van der Waals surface area (Å²) in [5.74, 6) is 0.652. The molecule has 0 saturated carbocycles. The van der Waals surface area contributed by atoms with E-state index in [1.807, 2.05) is 13.1 Å². The summed E-state index contributed by atoms with van der Waals surface area (Å²) in [6.07, 6.45) is 3.58. The van der Waals surface area contributed by atoms with Crippen molar-refractivity contribution in [2.24, 2.45) is 0 Å². The third kappa shape index (κ3) is 2.43. The lowest BCUT2D eigenvalue weighted by Gasteiger charge is -2.13. The Morgan fingerprint density at radius 1 is 1.50 bits per heavy atom. The topological polar surface area (TPSA) is 79.6 Å². The maximum absolute atomic E-state index is 5.81. The Hall–Kier alpha value is -1.75. The van der Waals surface area contributed by atoms with Gasteiger partial charge < -0.3 is 11.1 Å². The normalized spacial score (nSPS) is 12.4. The molecular weight excluding hydrogens is 226 g/mol.